The number of anilines is 1. The van der Waals surface area contributed by atoms with Crippen LogP contribution >= 0.6 is 11.3 Å². The molecule has 0 unspecified atom stereocenters. The second-order valence-corrected chi connectivity index (χ2v) is 9.48. The van der Waals surface area contributed by atoms with Gasteiger partial charge in [0.25, 0.3) is 0 Å². The molecule has 2 atom stereocenters. The molecule has 3 aromatic rings. The van der Waals surface area contributed by atoms with Crippen molar-refractivity contribution in [1.29, 1.82) is 0 Å². The van der Waals surface area contributed by atoms with E-state index in [4.69, 9.17) is 9.29 Å². The van der Waals surface area contributed by atoms with Crippen molar-refractivity contribution >= 4 is 39.2 Å². The fourth-order valence-corrected chi connectivity index (χ4v) is 4.74. The highest BCUT2D eigenvalue weighted by atomic mass is 32.2. The minimum absolute atomic E-state index is 0.198. The Balaban J connectivity index is 1.87. The van der Waals surface area contributed by atoms with Crippen molar-refractivity contribution < 1.29 is 27.3 Å². The van der Waals surface area contributed by atoms with E-state index in [0.717, 1.165) is 17.7 Å². The Kier molecular flexibility index (Phi) is 8.37. The number of nitrogens with zero attached hydrogens (tertiary/aromatic N) is 1. The van der Waals surface area contributed by atoms with Crippen LogP contribution in [-0.4, -0.2) is 36.9 Å². The third-order valence-corrected chi connectivity index (χ3v) is 6.52. The SMILES string of the molecule is CCc1csc([C@H](Cc2ccc(NS(=O)(=O)O)cc2)NC(=O)[C@@H](C(=O)OC)c2ccccc2)n1. The van der Waals surface area contributed by atoms with E-state index in [1.54, 1.807) is 42.5 Å². The van der Waals surface area contributed by atoms with Crippen LogP contribution in [0.5, 0.6) is 0 Å². The van der Waals surface area contributed by atoms with Crippen molar-refractivity contribution in [3.8, 4) is 0 Å². The van der Waals surface area contributed by atoms with E-state index in [2.05, 4.69) is 10.3 Å². The van der Waals surface area contributed by atoms with E-state index < -0.39 is 34.1 Å². The van der Waals surface area contributed by atoms with Crippen molar-refractivity contribution in [3.05, 3.63) is 81.8 Å². The van der Waals surface area contributed by atoms with E-state index >= 15 is 0 Å². The van der Waals surface area contributed by atoms with Crippen molar-refractivity contribution in [2.75, 3.05) is 11.8 Å². The number of ether oxygens (including phenoxy) is 1. The van der Waals surface area contributed by atoms with E-state index in [1.807, 2.05) is 17.0 Å². The van der Waals surface area contributed by atoms with Crippen molar-refractivity contribution in [1.82, 2.24) is 10.3 Å². The van der Waals surface area contributed by atoms with Crippen molar-refractivity contribution in [2.24, 2.45) is 0 Å². The molecule has 0 bridgehead atoms. The van der Waals surface area contributed by atoms with Gasteiger partial charge in [0, 0.05) is 5.38 Å². The Morgan fingerprint density at radius 2 is 1.79 bits per heavy atom. The molecular formula is C23H25N3O6S2. The zero-order valence-corrected chi connectivity index (χ0v) is 20.2. The first-order chi connectivity index (χ1) is 16.2. The Hall–Kier alpha value is -3.28. The predicted octanol–water partition coefficient (Wildman–Crippen LogP) is 3.28. The fraction of sp³-hybridized carbons (Fsp3) is 0.261. The summed E-state index contributed by atoms with van der Waals surface area (Å²) in [4.78, 5) is 30.3. The minimum atomic E-state index is -4.38. The van der Waals surface area contributed by atoms with Gasteiger partial charge in [0.15, 0.2) is 5.92 Å². The molecular weight excluding hydrogens is 478 g/mol. The van der Waals surface area contributed by atoms with E-state index in [-0.39, 0.29) is 5.69 Å². The number of benzene rings is 2. The second-order valence-electron chi connectivity index (χ2n) is 7.44. The summed E-state index contributed by atoms with van der Waals surface area (Å²) in [6.07, 6.45) is 1.08. The molecule has 0 saturated carbocycles. The predicted molar refractivity (Wildman–Crippen MR) is 129 cm³/mol. The standard InChI is InChI=1S/C23H25N3O6S2/c1-3-17-14-33-22(24-17)19(13-15-9-11-18(12-10-15)26-34(29,30)31)25-21(27)20(23(28)32-2)16-7-5-4-6-8-16/h4-12,14,19-20,26H,3,13H2,1-2H3,(H,25,27)(H,29,30,31)/t19-,20-/m0/s1. The lowest BCUT2D eigenvalue weighted by Crippen LogP contribution is -2.37. The molecule has 0 radical (unpaired) electrons. The number of aryl methyl sites for hydroxylation is 1. The van der Waals surface area contributed by atoms with Crippen LogP contribution in [0, 0.1) is 0 Å². The number of carbonyl (C=O) groups excluding carboxylic acids is 2. The fourth-order valence-electron chi connectivity index (χ4n) is 3.35. The number of amides is 1. The third kappa shape index (κ3) is 6.86. The zero-order chi connectivity index (χ0) is 24.7. The number of esters is 1. The summed E-state index contributed by atoms with van der Waals surface area (Å²) in [7, 11) is -3.14. The van der Waals surface area contributed by atoms with Gasteiger partial charge >= 0.3 is 16.3 Å². The van der Waals surface area contributed by atoms with E-state index in [0.29, 0.717) is 17.0 Å². The Morgan fingerprint density at radius 1 is 1.12 bits per heavy atom. The first-order valence-corrected chi connectivity index (χ1v) is 12.7. The second kappa shape index (κ2) is 11.2. The van der Waals surface area contributed by atoms with Gasteiger partial charge in [0.05, 0.1) is 24.5 Å². The van der Waals surface area contributed by atoms with Gasteiger partial charge < -0.3 is 10.1 Å². The highest BCUT2D eigenvalue weighted by molar-refractivity contribution is 7.87. The highest BCUT2D eigenvalue weighted by Gasteiger charge is 2.32. The van der Waals surface area contributed by atoms with Crippen LogP contribution in [-0.2, 0) is 37.5 Å². The van der Waals surface area contributed by atoms with Crippen LogP contribution in [0.3, 0.4) is 0 Å². The van der Waals surface area contributed by atoms with Gasteiger partial charge in [-0.05, 0) is 36.1 Å². The highest BCUT2D eigenvalue weighted by Crippen LogP contribution is 2.26. The number of thiazole rings is 1. The van der Waals surface area contributed by atoms with Crippen LogP contribution in [0.4, 0.5) is 5.69 Å². The van der Waals surface area contributed by atoms with Crippen molar-refractivity contribution in [2.45, 2.75) is 31.7 Å². The zero-order valence-electron chi connectivity index (χ0n) is 18.6. The van der Waals surface area contributed by atoms with Gasteiger partial charge in [-0.25, -0.2) is 4.98 Å². The quantitative estimate of drug-likeness (QED) is 0.220. The van der Waals surface area contributed by atoms with Gasteiger partial charge in [-0.3, -0.25) is 18.9 Å². The molecule has 0 aliphatic rings. The molecule has 1 amide bonds. The molecule has 11 heteroatoms. The van der Waals surface area contributed by atoms with Crippen LogP contribution in [0.1, 0.15) is 40.7 Å². The number of carbonyl (C=O) groups is 2. The Bertz CT molecular complexity index is 1230. The maximum absolute atomic E-state index is 13.3. The molecule has 1 aromatic heterocycles. The summed E-state index contributed by atoms with van der Waals surface area (Å²) >= 11 is 1.41. The monoisotopic (exact) mass is 503 g/mol. The number of hydrogen-bond acceptors (Lipinski definition) is 7. The summed E-state index contributed by atoms with van der Waals surface area (Å²) in [5.41, 5.74) is 2.39. The number of hydrogen-bond donors (Lipinski definition) is 3. The molecule has 0 aliphatic heterocycles. The maximum Gasteiger partial charge on any atom is 0.357 e. The molecule has 180 valence electrons. The summed E-state index contributed by atoms with van der Waals surface area (Å²) in [6, 6.07) is 14.5. The summed E-state index contributed by atoms with van der Waals surface area (Å²) in [5, 5.41) is 5.54. The lowest BCUT2D eigenvalue weighted by atomic mass is 9.97. The lowest BCUT2D eigenvalue weighted by molar-refractivity contribution is -0.146. The van der Waals surface area contributed by atoms with E-state index in [1.165, 1.54) is 30.6 Å². The first kappa shape index (κ1) is 25.3. The molecule has 0 aliphatic carbocycles. The van der Waals surface area contributed by atoms with Gasteiger partial charge in [-0.2, -0.15) is 8.42 Å². The minimum Gasteiger partial charge on any atom is -0.468 e. The molecule has 0 spiro atoms. The Labute approximate surface area is 202 Å². The summed E-state index contributed by atoms with van der Waals surface area (Å²) in [6.45, 7) is 1.98. The molecule has 0 fully saturated rings. The topological polar surface area (TPSA) is 135 Å². The molecule has 34 heavy (non-hydrogen) atoms. The summed E-state index contributed by atoms with van der Waals surface area (Å²) in [5.74, 6) is -2.32. The summed E-state index contributed by atoms with van der Waals surface area (Å²) < 4.78 is 37.8. The number of rotatable bonds is 10. The van der Waals surface area contributed by atoms with Crippen LogP contribution in [0.25, 0.3) is 0 Å². The number of methoxy groups -OCH3 is 1. The number of aromatic nitrogens is 1. The van der Waals surface area contributed by atoms with Crippen LogP contribution in [0.2, 0.25) is 0 Å². The lowest BCUT2D eigenvalue weighted by Gasteiger charge is -2.21. The maximum atomic E-state index is 13.3. The van der Waals surface area contributed by atoms with Crippen LogP contribution < -0.4 is 10.0 Å². The van der Waals surface area contributed by atoms with Gasteiger partial charge in [0.1, 0.15) is 5.01 Å². The average molecular weight is 504 g/mol. The molecule has 9 nitrogen and oxygen atoms in total. The first-order valence-electron chi connectivity index (χ1n) is 10.4. The van der Waals surface area contributed by atoms with E-state index in [9.17, 15) is 18.0 Å². The molecule has 0 saturated heterocycles. The normalized spacial score (nSPS) is 13.0. The molecule has 3 N–H and O–H groups in total. The van der Waals surface area contributed by atoms with Gasteiger partial charge in [0.2, 0.25) is 5.91 Å². The Morgan fingerprint density at radius 3 is 2.35 bits per heavy atom. The van der Waals surface area contributed by atoms with Gasteiger partial charge in [-0.15, -0.1) is 11.3 Å². The van der Waals surface area contributed by atoms with Crippen molar-refractivity contribution in [3.63, 3.8) is 0 Å². The molecule has 2 aromatic carbocycles. The van der Waals surface area contributed by atoms with Gasteiger partial charge in [-0.1, -0.05) is 49.4 Å². The largest absolute Gasteiger partial charge is 0.468 e. The average Bonchev–Trinajstić information content (AvgIpc) is 3.29. The third-order valence-electron chi connectivity index (χ3n) is 5.02. The molecule has 3 rings (SSSR count). The molecule has 1 heterocycles. The smallest absolute Gasteiger partial charge is 0.357 e. The van der Waals surface area contributed by atoms with Crippen LogP contribution in [0.15, 0.2) is 60.0 Å². The number of nitrogens with one attached hydrogen (secondary N) is 2.